The van der Waals surface area contributed by atoms with E-state index in [1.54, 1.807) is 0 Å². The SMILES string of the molecule is CC(O)C(OS(=O)(=O)O)C(C)OC(=O)CCC(C)C1CCC2C3C(O)CC4CC(O)CCC4(C)C3CC(O)C12C. The van der Waals surface area contributed by atoms with Crippen LogP contribution in [0.2, 0.25) is 0 Å². The van der Waals surface area contributed by atoms with Gasteiger partial charge in [-0.2, -0.15) is 8.42 Å². The summed E-state index contributed by atoms with van der Waals surface area (Å²) in [6.07, 6.45) is 1.10. The summed E-state index contributed by atoms with van der Waals surface area (Å²) >= 11 is 0. The quantitative estimate of drug-likeness (QED) is 0.199. The van der Waals surface area contributed by atoms with Crippen molar-refractivity contribution in [3.63, 3.8) is 0 Å². The molecule has 0 saturated heterocycles. The number of esters is 1. The Labute approximate surface area is 238 Å². The van der Waals surface area contributed by atoms with Crippen molar-refractivity contribution in [1.82, 2.24) is 0 Å². The molecule has 4 rings (SSSR count). The number of hydrogen-bond donors (Lipinski definition) is 5. The van der Waals surface area contributed by atoms with Crippen LogP contribution in [0, 0.1) is 46.3 Å². The Hall–Kier alpha value is -0.820. The summed E-state index contributed by atoms with van der Waals surface area (Å²) in [5.74, 6) is 0.494. The fourth-order valence-electron chi connectivity index (χ4n) is 9.70. The van der Waals surface area contributed by atoms with Crippen LogP contribution < -0.4 is 0 Å². The van der Waals surface area contributed by atoms with Crippen molar-refractivity contribution in [2.75, 3.05) is 0 Å². The molecule has 10 nitrogen and oxygen atoms in total. The third-order valence-electron chi connectivity index (χ3n) is 11.8. The second-order valence-electron chi connectivity index (χ2n) is 14.0. The van der Waals surface area contributed by atoms with Gasteiger partial charge in [0.25, 0.3) is 0 Å². The second kappa shape index (κ2) is 11.7. The van der Waals surface area contributed by atoms with Crippen LogP contribution in [0.5, 0.6) is 0 Å². The highest BCUT2D eigenvalue weighted by atomic mass is 32.3. The highest BCUT2D eigenvalue weighted by Gasteiger charge is 2.65. The largest absolute Gasteiger partial charge is 0.460 e. The van der Waals surface area contributed by atoms with Crippen molar-refractivity contribution in [3.8, 4) is 0 Å². The van der Waals surface area contributed by atoms with Crippen LogP contribution in [0.1, 0.15) is 92.4 Å². The van der Waals surface area contributed by atoms with E-state index in [1.807, 2.05) is 0 Å². The van der Waals surface area contributed by atoms with Crippen LogP contribution in [0.4, 0.5) is 0 Å². The molecule has 4 fully saturated rings. The fourth-order valence-corrected chi connectivity index (χ4v) is 10.3. The van der Waals surface area contributed by atoms with Gasteiger partial charge in [-0.25, -0.2) is 4.18 Å². The van der Waals surface area contributed by atoms with Gasteiger partial charge in [0.15, 0.2) is 0 Å². The van der Waals surface area contributed by atoms with Crippen molar-refractivity contribution in [2.45, 2.75) is 129 Å². The lowest BCUT2D eigenvalue weighted by atomic mass is 9.43. The maximum absolute atomic E-state index is 12.6. The zero-order chi connectivity index (χ0) is 29.8. The summed E-state index contributed by atoms with van der Waals surface area (Å²) in [4.78, 5) is 12.6. The van der Waals surface area contributed by atoms with Crippen molar-refractivity contribution in [3.05, 3.63) is 0 Å². The third kappa shape index (κ3) is 5.98. The molecule has 4 aliphatic rings. The van der Waals surface area contributed by atoms with Gasteiger partial charge in [-0.1, -0.05) is 20.8 Å². The number of fused-ring (bicyclic) bond motifs is 5. The Bertz CT molecular complexity index is 1020. The lowest BCUT2D eigenvalue weighted by molar-refractivity contribution is -0.207. The number of hydrogen-bond acceptors (Lipinski definition) is 9. The Morgan fingerprint density at radius 2 is 1.68 bits per heavy atom. The van der Waals surface area contributed by atoms with Gasteiger partial charge in [0, 0.05) is 6.42 Å². The Kier molecular flexibility index (Phi) is 9.39. The normalized spacial score (nSPS) is 44.5. The maximum Gasteiger partial charge on any atom is 0.397 e. The van der Waals surface area contributed by atoms with E-state index in [0.717, 1.165) is 32.1 Å². The summed E-state index contributed by atoms with van der Waals surface area (Å²) in [5.41, 5.74) is -0.366. The molecular formula is C29H50O10S. The van der Waals surface area contributed by atoms with E-state index >= 15 is 0 Å². The number of ether oxygens (including phenoxy) is 1. The number of aliphatic hydroxyl groups excluding tert-OH is 4. The minimum atomic E-state index is -4.84. The summed E-state index contributed by atoms with van der Waals surface area (Å²) in [5, 5.41) is 43.3. The predicted octanol–water partition coefficient (Wildman–Crippen LogP) is 2.86. The lowest BCUT2D eigenvalue weighted by Crippen LogP contribution is -2.62. The number of carbonyl (C=O) groups is 1. The molecular weight excluding hydrogens is 540 g/mol. The fraction of sp³-hybridized carbons (Fsp3) is 0.966. The van der Waals surface area contributed by atoms with Gasteiger partial charge in [-0.3, -0.25) is 9.35 Å². The van der Waals surface area contributed by atoms with E-state index in [-0.39, 0.29) is 58.9 Å². The average molecular weight is 591 g/mol. The minimum absolute atomic E-state index is 0.0125. The van der Waals surface area contributed by atoms with E-state index in [1.165, 1.54) is 13.8 Å². The molecule has 0 amide bonds. The van der Waals surface area contributed by atoms with Crippen LogP contribution in [0.3, 0.4) is 0 Å². The lowest BCUT2D eigenvalue weighted by Gasteiger charge is -2.63. The topological polar surface area (TPSA) is 171 Å². The molecule has 14 atom stereocenters. The van der Waals surface area contributed by atoms with Crippen LogP contribution in [-0.2, 0) is 24.1 Å². The molecule has 232 valence electrons. The van der Waals surface area contributed by atoms with Crippen LogP contribution >= 0.6 is 0 Å². The van der Waals surface area contributed by atoms with Gasteiger partial charge in [0.1, 0.15) is 12.2 Å². The Morgan fingerprint density at radius 3 is 2.30 bits per heavy atom. The van der Waals surface area contributed by atoms with Crippen molar-refractivity contribution < 1.29 is 47.1 Å². The molecule has 0 bridgehead atoms. The zero-order valence-corrected chi connectivity index (χ0v) is 25.3. The second-order valence-corrected chi connectivity index (χ2v) is 15.0. The summed E-state index contributed by atoms with van der Waals surface area (Å²) in [7, 11) is -4.84. The first-order valence-corrected chi connectivity index (χ1v) is 16.4. The van der Waals surface area contributed by atoms with Crippen molar-refractivity contribution in [2.24, 2.45) is 46.3 Å². The van der Waals surface area contributed by atoms with E-state index in [9.17, 15) is 33.6 Å². The molecule has 0 spiro atoms. The monoisotopic (exact) mass is 590 g/mol. The van der Waals surface area contributed by atoms with E-state index in [2.05, 4.69) is 25.0 Å². The first kappa shape index (κ1) is 32.1. The molecule has 40 heavy (non-hydrogen) atoms. The van der Waals surface area contributed by atoms with Gasteiger partial charge in [0.2, 0.25) is 0 Å². The molecule has 4 aliphatic carbocycles. The number of carbonyl (C=O) groups excluding carboxylic acids is 1. The number of aliphatic hydroxyl groups is 4. The van der Waals surface area contributed by atoms with Crippen LogP contribution in [-0.4, -0.2) is 76.0 Å². The van der Waals surface area contributed by atoms with E-state index < -0.39 is 46.9 Å². The van der Waals surface area contributed by atoms with Gasteiger partial charge in [-0.15, -0.1) is 0 Å². The summed E-state index contributed by atoms with van der Waals surface area (Å²) in [6, 6.07) is 0. The Balaban J connectivity index is 1.41. The smallest absolute Gasteiger partial charge is 0.397 e. The number of rotatable bonds is 9. The van der Waals surface area contributed by atoms with Gasteiger partial charge in [0.05, 0.1) is 24.4 Å². The standard InChI is InChI=1S/C29H50O10S/c1-15(6-9-25(34)38-17(3)27(16(2)30)39-40(35,36)37)20-7-8-21-26-22(14-24(33)29(20,21)5)28(4)11-10-19(31)12-18(28)13-23(26)32/h15-24,26-27,30-33H,6-14H2,1-5H3,(H,35,36,37). The van der Waals surface area contributed by atoms with Crippen molar-refractivity contribution >= 4 is 16.4 Å². The molecule has 5 N–H and O–H groups in total. The Morgan fingerprint density at radius 1 is 1.00 bits per heavy atom. The summed E-state index contributed by atoms with van der Waals surface area (Å²) in [6.45, 7) is 9.24. The molecule has 14 unspecified atom stereocenters. The molecule has 0 aliphatic heterocycles. The van der Waals surface area contributed by atoms with Crippen LogP contribution in [0.25, 0.3) is 0 Å². The van der Waals surface area contributed by atoms with Crippen molar-refractivity contribution in [1.29, 1.82) is 0 Å². The van der Waals surface area contributed by atoms with Gasteiger partial charge >= 0.3 is 16.4 Å². The molecule has 4 saturated carbocycles. The predicted molar refractivity (Wildman–Crippen MR) is 146 cm³/mol. The summed E-state index contributed by atoms with van der Waals surface area (Å²) < 4.78 is 41.0. The molecule has 11 heteroatoms. The van der Waals surface area contributed by atoms with Gasteiger partial charge < -0.3 is 25.2 Å². The first-order chi connectivity index (χ1) is 18.5. The molecule has 0 aromatic carbocycles. The minimum Gasteiger partial charge on any atom is -0.460 e. The third-order valence-corrected chi connectivity index (χ3v) is 12.3. The zero-order valence-electron chi connectivity index (χ0n) is 24.5. The van der Waals surface area contributed by atoms with Crippen LogP contribution in [0.15, 0.2) is 0 Å². The van der Waals surface area contributed by atoms with E-state index in [4.69, 9.17) is 9.29 Å². The molecule has 0 heterocycles. The maximum atomic E-state index is 12.6. The molecule has 0 aromatic heterocycles. The average Bonchev–Trinajstić information content (AvgIpc) is 3.20. The molecule has 0 aromatic rings. The van der Waals surface area contributed by atoms with Gasteiger partial charge in [-0.05, 0) is 112 Å². The van der Waals surface area contributed by atoms with E-state index in [0.29, 0.717) is 19.3 Å². The first-order valence-electron chi connectivity index (χ1n) is 15.1. The highest BCUT2D eigenvalue weighted by Crippen LogP contribution is 2.68. The highest BCUT2D eigenvalue weighted by molar-refractivity contribution is 7.80. The molecule has 0 radical (unpaired) electrons.